The quantitative estimate of drug-likeness (QED) is 0.520. The summed E-state index contributed by atoms with van der Waals surface area (Å²) >= 11 is 0. The van der Waals surface area contributed by atoms with Gasteiger partial charge < -0.3 is 19.8 Å². The molecule has 6 nitrogen and oxygen atoms in total. The molecule has 0 saturated heterocycles. The van der Waals surface area contributed by atoms with E-state index in [2.05, 4.69) is 69.3 Å². The standard InChI is InChI=1S/C21H27N5O/c1-5-27-19-11-15(2)9-10-17(19)12-23-21(22-4)24-13-18-14-26-16(3)7-6-8-20(26)25-18/h6-11,14H,5,12-13H2,1-4H3,(H2,22,23,24). The zero-order chi connectivity index (χ0) is 19.2. The first-order valence-corrected chi connectivity index (χ1v) is 9.21. The van der Waals surface area contributed by atoms with Crippen LogP contribution >= 0.6 is 0 Å². The summed E-state index contributed by atoms with van der Waals surface area (Å²) in [6, 6.07) is 12.4. The van der Waals surface area contributed by atoms with Crippen LogP contribution in [0.3, 0.4) is 0 Å². The molecular formula is C21H27N5O. The number of rotatable bonds is 6. The molecule has 0 saturated carbocycles. The van der Waals surface area contributed by atoms with Crippen molar-refractivity contribution in [3.63, 3.8) is 0 Å². The van der Waals surface area contributed by atoms with Crippen LogP contribution in [0.1, 0.15) is 29.4 Å². The van der Waals surface area contributed by atoms with Gasteiger partial charge in [-0.1, -0.05) is 18.2 Å². The number of nitrogens with zero attached hydrogens (tertiary/aromatic N) is 3. The second-order valence-electron chi connectivity index (χ2n) is 6.45. The third-order valence-corrected chi connectivity index (χ3v) is 4.38. The molecule has 0 aliphatic carbocycles. The number of aryl methyl sites for hydroxylation is 2. The minimum atomic E-state index is 0.604. The zero-order valence-corrected chi connectivity index (χ0v) is 16.4. The molecule has 27 heavy (non-hydrogen) atoms. The summed E-state index contributed by atoms with van der Waals surface area (Å²) in [6.07, 6.45) is 2.05. The fourth-order valence-corrected chi connectivity index (χ4v) is 2.96. The lowest BCUT2D eigenvalue weighted by molar-refractivity contribution is 0.336. The fourth-order valence-electron chi connectivity index (χ4n) is 2.96. The number of aromatic nitrogens is 2. The minimum Gasteiger partial charge on any atom is -0.494 e. The van der Waals surface area contributed by atoms with Gasteiger partial charge in [-0.05, 0) is 44.5 Å². The first kappa shape index (κ1) is 18.8. The second kappa shape index (κ2) is 8.58. The Morgan fingerprint density at radius 1 is 1.15 bits per heavy atom. The van der Waals surface area contributed by atoms with E-state index in [1.807, 2.05) is 19.1 Å². The van der Waals surface area contributed by atoms with Crippen molar-refractivity contribution < 1.29 is 4.74 Å². The summed E-state index contributed by atoms with van der Waals surface area (Å²) < 4.78 is 7.84. The molecule has 3 rings (SSSR count). The molecule has 0 atom stereocenters. The molecule has 142 valence electrons. The second-order valence-corrected chi connectivity index (χ2v) is 6.45. The summed E-state index contributed by atoms with van der Waals surface area (Å²) in [5.41, 5.74) is 5.38. The minimum absolute atomic E-state index is 0.604. The number of pyridine rings is 1. The number of fused-ring (bicyclic) bond motifs is 1. The number of hydrogen-bond donors (Lipinski definition) is 2. The van der Waals surface area contributed by atoms with Crippen LogP contribution < -0.4 is 15.4 Å². The van der Waals surface area contributed by atoms with E-state index in [1.54, 1.807) is 7.05 Å². The average Bonchev–Trinajstić information content (AvgIpc) is 3.08. The molecule has 3 aromatic rings. The smallest absolute Gasteiger partial charge is 0.191 e. The van der Waals surface area contributed by atoms with Gasteiger partial charge in [0.05, 0.1) is 18.8 Å². The summed E-state index contributed by atoms with van der Waals surface area (Å²) in [5.74, 6) is 1.64. The number of hydrogen-bond acceptors (Lipinski definition) is 3. The predicted molar refractivity (Wildman–Crippen MR) is 109 cm³/mol. The molecule has 0 aliphatic heterocycles. The van der Waals surface area contributed by atoms with Crippen LogP contribution in [-0.4, -0.2) is 29.0 Å². The van der Waals surface area contributed by atoms with E-state index >= 15 is 0 Å². The van der Waals surface area contributed by atoms with E-state index in [0.717, 1.165) is 34.3 Å². The van der Waals surface area contributed by atoms with Gasteiger partial charge in [-0.25, -0.2) is 4.98 Å². The lowest BCUT2D eigenvalue weighted by Crippen LogP contribution is -2.36. The van der Waals surface area contributed by atoms with Crippen LogP contribution in [0.4, 0.5) is 0 Å². The summed E-state index contributed by atoms with van der Waals surface area (Å²) in [5, 5.41) is 6.67. The topological polar surface area (TPSA) is 63.0 Å². The lowest BCUT2D eigenvalue weighted by atomic mass is 10.1. The van der Waals surface area contributed by atoms with Crippen LogP contribution in [0.15, 0.2) is 47.6 Å². The fraction of sp³-hybridized carbons (Fsp3) is 0.333. The molecule has 1 aromatic carbocycles. The third-order valence-electron chi connectivity index (χ3n) is 4.38. The third kappa shape index (κ3) is 4.58. The van der Waals surface area contributed by atoms with E-state index in [-0.39, 0.29) is 0 Å². The number of aliphatic imine (C=N–C) groups is 1. The number of imidazole rings is 1. The van der Waals surface area contributed by atoms with E-state index in [4.69, 9.17) is 4.74 Å². The van der Waals surface area contributed by atoms with Crippen molar-refractivity contribution in [1.82, 2.24) is 20.0 Å². The Kier molecular flexibility index (Phi) is 5.96. The first-order chi connectivity index (χ1) is 13.1. The average molecular weight is 365 g/mol. The van der Waals surface area contributed by atoms with Crippen LogP contribution in [-0.2, 0) is 13.1 Å². The zero-order valence-electron chi connectivity index (χ0n) is 16.4. The van der Waals surface area contributed by atoms with Crippen LogP contribution in [0.5, 0.6) is 5.75 Å². The Balaban J connectivity index is 1.62. The van der Waals surface area contributed by atoms with Crippen molar-refractivity contribution in [3.05, 3.63) is 65.1 Å². The Bertz CT molecular complexity index is 945. The van der Waals surface area contributed by atoms with E-state index < -0.39 is 0 Å². The van der Waals surface area contributed by atoms with Crippen LogP contribution in [0.25, 0.3) is 5.65 Å². The SMILES string of the molecule is CCOc1cc(C)ccc1CNC(=NC)NCc1cn2c(C)cccc2n1. The maximum Gasteiger partial charge on any atom is 0.191 e. The van der Waals surface area contributed by atoms with Gasteiger partial charge in [0.2, 0.25) is 0 Å². The Morgan fingerprint density at radius 2 is 1.96 bits per heavy atom. The number of guanidine groups is 1. The lowest BCUT2D eigenvalue weighted by Gasteiger charge is -2.14. The van der Waals surface area contributed by atoms with Crippen molar-refractivity contribution in [2.24, 2.45) is 4.99 Å². The predicted octanol–water partition coefficient (Wildman–Crippen LogP) is 3.22. The molecule has 0 fully saturated rings. The molecule has 0 aliphatic rings. The molecular weight excluding hydrogens is 338 g/mol. The highest BCUT2D eigenvalue weighted by molar-refractivity contribution is 5.79. The van der Waals surface area contributed by atoms with Crippen molar-refractivity contribution >= 4 is 11.6 Å². The van der Waals surface area contributed by atoms with E-state index in [0.29, 0.717) is 19.7 Å². The van der Waals surface area contributed by atoms with E-state index in [9.17, 15) is 0 Å². The van der Waals surface area contributed by atoms with Gasteiger partial charge in [0.15, 0.2) is 5.96 Å². The van der Waals surface area contributed by atoms with Crippen molar-refractivity contribution in [2.45, 2.75) is 33.9 Å². The van der Waals surface area contributed by atoms with Gasteiger partial charge in [0, 0.05) is 31.0 Å². The van der Waals surface area contributed by atoms with Gasteiger partial charge >= 0.3 is 0 Å². The van der Waals surface area contributed by atoms with Crippen molar-refractivity contribution in [1.29, 1.82) is 0 Å². The molecule has 2 aromatic heterocycles. The molecule has 0 spiro atoms. The van der Waals surface area contributed by atoms with Gasteiger partial charge in [-0.2, -0.15) is 0 Å². The van der Waals surface area contributed by atoms with Gasteiger partial charge in [0.1, 0.15) is 11.4 Å². The molecule has 0 bridgehead atoms. The van der Waals surface area contributed by atoms with Crippen LogP contribution in [0.2, 0.25) is 0 Å². The number of benzene rings is 1. The van der Waals surface area contributed by atoms with Crippen LogP contribution in [0, 0.1) is 13.8 Å². The Hall–Kier alpha value is -3.02. The molecule has 0 amide bonds. The maximum absolute atomic E-state index is 5.74. The van der Waals surface area contributed by atoms with Gasteiger partial charge in [0.25, 0.3) is 0 Å². The highest BCUT2D eigenvalue weighted by Gasteiger charge is 2.07. The monoisotopic (exact) mass is 365 g/mol. The summed E-state index contributed by atoms with van der Waals surface area (Å²) in [7, 11) is 1.77. The van der Waals surface area contributed by atoms with E-state index in [1.165, 1.54) is 5.56 Å². The largest absolute Gasteiger partial charge is 0.494 e. The summed E-state index contributed by atoms with van der Waals surface area (Å²) in [4.78, 5) is 8.95. The maximum atomic E-state index is 5.74. The normalized spacial score (nSPS) is 11.6. The Labute approximate surface area is 160 Å². The molecule has 2 N–H and O–H groups in total. The van der Waals surface area contributed by atoms with Crippen molar-refractivity contribution in [3.8, 4) is 5.75 Å². The molecule has 6 heteroatoms. The van der Waals surface area contributed by atoms with Gasteiger partial charge in [-0.3, -0.25) is 4.99 Å². The number of ether oxygens (including phenoxy) is 1. The first-order valence-electron chi connectivity index (χ1n) is 9.21. The highest BCUT2D eigenvalue weighted by atomic mass is 16.5. The molecule has 0 unspecified atom stereocenters. The highest BCUT2D eigenvalue weighted by Crippen LogP contribution is 2.20. The molecule has 0 radical (unpaired) electrons. The summed E-state index contributed by atoms with van der Waals surface area (Å²) in [6.45, 7) is 8.03. The molecule has 2 heterocycles. The Morgan fingerprint density at radius 3 is 2.70 bits per heavy atom. The van der Waals surface area contributed by atoms with Gasteiger partial charge in [-0.15, -0.1) is 0 Å². The van der Waals surface area contributed by atoms with Crippen molar-refractivity contribution in [2.75, 3.05) is 13.7 Å². The number of nitrogens with one attached hydrogen (secondary N) is 2.